The molecule has 9 heteroatoms. The van der Waals surface area contributed by atoms with E-state index < -0.39 is 33.9 Å². The number of benzene rings is 1. The summed E-state index contributed by atoms with van der Waals surface area (Å²) in [7, 11) is -3.14. The van der Waals surface area contributed by atoms with Crippen LogP contribution in [0.15, 0.2) is 18.2 Å². The number of ether oxygens (including phenoxy) is 1. The van der Waals surface area contributed by atoms with Gasteiger partial charge in [0, 0.05) is 10.0 Å². The fraction of sp³-hybridized carbons (Fsp3) is 0.429. The molecule has 1 fully saturated rings. The fourth-order valence-electron chi connectivity index (χ4n) is 2.37. The predicted octanol–water partition coefficient (Wildman–Crippen LogP) is 1.84. The normalized spacial score (nSPS) is 22.6. The predicted molar refractivity (Wildman–Crippen MR) is 86.6 cm³/mol. The van der Waals surface area contributed by atoms with Crippen LogP contribution in [0.4, 0.5) is 0 Å². The summed E-state index contributed by atoms with van der Waals surface area (Å²) in [5.41, 5.74) is -0.702. The third-order valence-electron chi connectivity index (χ3n) is 3.38. The number of hydrogen-bond donors (Lipinski definition) is 1. The summed E-state index contributed by atoms with van der Waals surface area (Å²) in [6, 6.07) is 4.21. The molecule has 0 saturated carbocycles. The minimum absolute atomic E-state index is 0.0323. The van der Waals surface area contributed by atoms with E-state index >= 15 is 0 Å². The fourth-order valence-corrected chi connectivity index (χ4v) is 4.99. The highest BCUT2D eigenvalue weighted by Gasteiger charge is 2.39. The minimum Gasteiger partial charge on any atom is -0.452 e. The quantitative estimate of drug-likeness (QED) is 0.806. The summed E-state index contributed by atoms with van der Waals surface area (Å²) in [4.78, 5) is 23.7. The zero-order valence-electron chi connectivity index (χ0n) is 12.3. The summed E-state index contributed by atoms with van der Waals surface area (Å²) in [5.74, 6) is -1.39. The van der Waals surface area contributed by atoms with Crippen LogP contribution in [-0.2, 0) is 19.4 Å². The van der Waals surface area contributed by atoms with Gasteiger partial charge in [0.25, 0.3) is 5.91 Å². The van der Waals surface area contributed by atoms with E-state index in [9.17, 15) is 18.0 Å². The third kappa shape index (κ3) is 5.09. The van der Waals surface area contributed by atoms with Gasteiger partial charge in [0.15, 0.2) is 16.4 Å². The first-order valence-electron chi connectivity index (χ1n) is 6.73. The van der Waals surface area contributed by atoms with Gasteiger partial charge in [0.1, 0.15) is 0 Å². The third-order valence-corrected chi connectivity index (χ3v) is 5.72. The Labute approximate surface area is 144 Å². The molecule has 1 saturated heterocycles. The van der Waals surface area contributed by atoms with Crippen molar-refractivity contribution in [1.29, 1.82) is 0 Å². The Balaban J connectivity index is 1.90. The number of rotatable bonds is 4. The summed E-state index contributed by atoms with van der Waals surface area (Å²) in [6.45, 7) is 1.13. The van der Waals surface area contributed by atoms with Gasteiger partial charge >= 0.3 is 5.97 Å². The lowest BCUT2D eigenvalue weighted by Crippen LogP contribution is -2.48. The summed E-state index contributed by atoms with van der Waals surface area (Å²) < 4.78 is 27.9. The van der Waals surface area contributed by atoms with Crippen LogP contribution in [0.25, 0.3) is 0 Å². The molecule has 0 unspecified atom stereocenters. The molecule has 1 N–H and O–H groups in total. The SMILES string of the molecule is C[C@@]1(NC(=O)COC(=O)c2cc(Cl)cc(Cl)c2)CCS(=O)(=O)C1. The first-order chi connectivity index (χ1) is 10.6. The lowest BCUT2D eigenvalue weighted by Gasteiger charge is -2.23. The average molecular weight is 380 g/mol. The van der Waals surface area contributed by atoms with Gasteiger partial charge in [-0.1, -0.05) is 23.2 Å². The van der Waals surface area contributed by atoms with Crippen molar-refractivity contribution >= 4 is 44.9 Å². The Hall–Kier alpha value is -1.31. The van der Waals surface area contributed by atoms with Gasteiger partial charge in [0.2, 0.25) is 0 Å². The van der Waals surface area contributed by atoms with Gasteiger partial charge < -0.3 is 10.1 Å². The molecule has 0 bridgehead atoms. The molecule has 6 nitrogen and oxygen atoms in total. The molecule has 2 rings (SSSR count). The van der Waals surface area contributed by atoms with E-state index in [1.165, 1.54) is 18.2 Å². The van der Waals surface area contributed by atoms with E-state index in [-0.39, 0.29) is 27.1 Å². The van der Waals surface area contributed by atoms with E-state index in [4.69, 9.17) is 27.9 Å². The van der Waals surface area contributed by atoms with Crippen molar-refractivity contribution in [3.05, 3.63) is 33.8 Å². The maximum atomic E-state index is 11.9. The molecule has 1 amide bonds. The molecule has 0 spiro atoms. The first kappa shape index (κ1) is 18.0. The van der Waals surface area contributed by atoms with Gasteiger partial charge in [-0.05, 0) is 31.5 Å². The van der Waals surface area contributed by atoms with E-state index in [0.29, 0.717) is 6.42 Å². The Morgan fingerprint density at radius 2 is 1.87 bits per heavy atom. The molecule has 1 aromatic rings. The van der Waals surface area contributed by atoms with Crippen LogP contribution in [0.2, 0.25) is 10.0 Å². The van der Waals surface area contributed by atoms with Gasteiger partial charge in [0.05, 0.1) is 22.6 Å². The molecular weight excluding hydrogens is 365 g/mol. The second-order valence-electron chi connectivity index (χ2n) is 5.69. The zero-order chi connectivity index (χ0) is 17.3. The van der Waals surface area contributed by atoms with Crippen molar-refractivity contribution in [1.82, 2.24) is 5.32 Å². The molecular formula is C14H15Cl2NO5S. The largest absolute Gasteiger partial charge is 0.452 e. The van der Waals surface area contributed by atoms with Crippen LogP contribution < -0.4 is 5.32 Å². The minimum atomic E-state index is -3.14. The monoisotopic (exact) mass is 379 g/mol. The van der Waals surface area contributed by atoms with Crippen LogP contribution in [-0.4, -0.2) is 43.9 Å². The van der Waals surface area contributed by atoms with Crippen LogP contribution in [0, 0.1) is 0 Å². The molecule has 23 heavy (non-hydrogen) atoms. The Morgan fingerprint density at radius 3 is 2.39 bits per heavy atom. The molecule has 0 radical (unpaired) electrons. The maximum Gasteiger partial charge on any atom is 0.338 e. The van der Waals surface area contributed by atoms with Crippen LogP contribution in [0.3, 0.4) is 0 Å². The van der Waals surface area contributed by atoms with Crippen molar-refractivity contribution in [2.45, 2.75) is 18.9 Å². The van der Waals surface area contributed by atoms with Crippen molar-refractivity contribution in [3.63, 3.8) is 0 Å². The number of halogens is 2. The van der Waals surface area contributed by atoms with Gasteiger partial charge in [-0.3, -0.25) is 4.79 Å². The van der Waals surface area contributed by atoms with Crippen LogP contribution >= 0.6 is 23.2 Å². The number of hydrogen-bond acceptors (Lipinski definition) is 5. The Morgan fingerprint density at radius 1 is 1.26 bits per heavy atom. The van der Waals surface area contributed by atoms with E-state index in [2.05, 4.69) is 5.32 Å². The number of sulfone groups is 1. The highest BCUT2D eigenvalue weighted by molar-refractivity contribution is 7.91. The molecule has 0 aliphatic carbocycles. The highest BCUT2D eigenvalue weighted by Crippen LogP contribution is 2.23. The standard InChI is InChI=1S/C14H15Cl2NO5S/c1-14(2-3-23(20,21)8-14)17-12(18)7-22-13(19)9-4-10(15)6-11(16)5-9/h4-6H,2-3,7-8H2,1H3,(H,17,18)/t14-/m1/s1. The average Bonchev–Trinajstić information content (AvgIpc) is 2.68. The zero-order valence-corrected chi connectivity index (χ0v) is 14.6. The number of esters is 1. The summed E-state index contributed by atoms with van der Waals surface area (Å²) in [6.07, 6.45) is 0.332. The molecule has 0 aromatic heterocycles. The molecule has 1 aromatic carbocycles. The van der Waals surface area contributed by atoms with Crippen molar-refractivity contribution in [2.24, 2.45) is 0 Å². The second-order valence-corrected chi connectivity index (χ2v) is 8.74. The lowest BCUT2D eigenvalue weighted by molar-refractivity contribution is -0.125. The molecule has 1 aliphatic rings. The second kappa shape index (κ2) is 6.67. The van der Waals surface area contributed by atoms with Gasteiger partial charge in [-0.15, -0.1) is 0 Å². The van der Waals surface area contributed by atoms with Crippen LogP contribution in [0.5, 0.6) is 0 Å². The molecule has 1 heterocycles. The van der Waals surface area contributed by atoms with E-state index in [1.807, 2.05) is 0 Å². The van der Waals surface area contributed by atoms with E-state index in [0.717, 1.165) is 0 Å². The number of amides is 1. The number of carbonyl (C=O) groups excluding carboxylic acids is 2. The number of nitrogens with one attached hydrogen (secondary N) is 1. The van der Waals surface area contributed by atoms with Crippen LogP contribution in [0.1, 0.15) is 23.7 Å². The van der Waals surface area contributed by atoms with Crippen molar-refractivity contribution in [3.8, 4) is 0 Å². The van der Waals surface area contributed by atoms with Gasteiger partial charge in [-0.2, -0.15) is 0 Å². The summed E-state index contributed by atoms with van der Waals surface area (Å²) >= 11 is 11.6. The molecule has 1 atom stereocenters. The Kier molecular flexibility index (Phi) is 5.23. The van der Waals surface area contributed by atoms with Gasteiger partial charge in [-0.25, -0.2) is 13.2 Å². The Bertz CT molecular complexity index is 729. The summed E-state index contributed by atoms with van der Waals surface area (Å²) in [5, 5.41) is 3.14. The maximum absolute atomic E-state index is 11.9. The highest BCUT2D eigenvalue weighted by atomic mass is 35.5. The first-order valence-corrected chi connectivity index (χ1v) is 9.31. The lowest BCUT2D eigenvalue weighted by atomic mass is 10.0. The molecule has 1 aliphatic heterocycles. The van der Waals surface area contributed by atoms with Crippen molar-refractivity contribution < 1.29 is 22.7 Å². The molecule has 126 valence electrons. The van der Waals surface area contributed by atoms with Crippen molar-refractivity contribution in [2.75, 3.05) is 18.1 Å². The van der Waals surface area contributed by atoms with E-state index in [1.54, 1.807) is 6.92 Å². The smallest absolute Gasteiger partial charge is 0.338 e. The number of carbonyl (C=O) groups is 2. The topological polar surface area (TPSA) is 89.5 Å².